The first-order valence-electron chi connectivity index (χ1n) is 10.2. The zero-order valence-corrected chi connectivity index (χ0v) is 20.4. The number of guanidine groups is 1. The van der Waals surface area contributed by atoms with Gasteiger partial charge in [-0.05, 0) is 30.5 Å². The molecule has 1 aliphatic rings. The van der Waals surface area contributed by atoms with E-state index in [0.29, 0.717) is 18.5 Å². The largest absolute Gasteiger partial charge is 0.379 e. The fourth-order valence-corrected chi connectivity index (χ4v) is 3.36. The average molecular weight is 517 g/mol. The molecule has 1 heterocycles. The maximum atomic E-state index is 11.2. The number of nitrogens with zero attached hydrogens (tertiary/aromatic N) is 2. The molecule has 0 aliphatic carbocycles. The molecule has 0 bridgehead atoms. The van der Waals surface area contributed by atoms with Gasteiger partial charge in [0.1, 0.15) is 0 Å². The monoisotopic (exact) mass is 517 g/mol. The Morgan fingerprint density at radius 3 is 2.59 bits per heavy atom. The van der Waals surface area contributed by atoms with Crippen LogP contribution in [0.25, 0.3) is 0 Å². The summed E-state index contributed by atoms with van der Waals surface area (Å²) in [6, 6.07) is 8.23. The van der Waals surface area contributed by atoms with Crippen LogP contribution in [-0.2, 0) is 16.1 Å². The van der Waals surface area contributed by atoms with Gasteiger partial charge in [-0.2, -0.15) is 0 Å². The number of anilines is 1. The lowest BCUT2D eigenvalue weighted by atomic mass is 10.0. The number of benzene rings is 1. The Bertz CT molecular complexity index is 648. The SMILES string of the molecule is CCNC(=NCc1cccc(NC(C)=O)c1)NCC(C(C)C)N1CCOCC1.I. The summed E-state index contributed by atoms with van der Waals surface area (Å²) in [5.74, 6) is 1.28. The number of nitrogens with one attached hydrogen (secondary N) is 3. The van der Waals surface area contributed by atoms with Gasteiger partial charge in [0.25, 0.3) is 0 Å². The minimum atomic E-state index is -0.0708. The van der Waals surface area contributed by atoms with Crippen LogP contribution in [0.15, 0.2) is 29.3 Å². The van der Waals surface area contributed by atoms with Gasteiger partial charge in [0.05, 0.1) is 19.8 Å². The highest BCUT2D eigenvalue weighted by molar-refractivity contribution is 14.0. The third kappa shape index (κ3) is 9.31. The van der Waals surface area contributed by atoms with E-state index in [-0.39, 0.29) is 29.9 Å². The second-order valence-corrected chi connectivity index (χ2v) is 7.42. The van der Waals surface area contributed by atoms with E-state index in [2.05, 4.69) is 41.6 Å². The predicted octanol–water partition coefficient (Wildman–Crippen LogP) is 2.67. The molecule has 1 saturated heterocycles. The molecule has 164 valence electrons. The summed E-state index contributed by atoms with van der Waals surface area (Å²) in [5.41, 5.74) is 1.85. The molecule has 7 nitrogen and oxygen atoms in total. The highest BCUT2D eigenvalue weighted by Gasteiger charge is 2.23. The molecule has 8 heteroatoms. The Kier molecular flexibility index (Phi) is 12.2. The van der Waals surface area contributed by atoms with Crippen molar-refractivity contribution < 1.29 is 9.53 Å². The second kappa shape index (κ2) is 13.8. The van der Waals surface area contributed by atoms with Crippen molar-refractivity contribution in [3.8, 4) is 0 Å². The maximum absolute atomic E-state index is 11.2. The number of hydrogen-bond donors (Lipinski definition) is 3. The Balaban J connectivity index is 0.00000420. The topological polar surface area (TPSA) is 78.0 Å². The van der Waals surface area contributed by atoms with Crippen LogP contribution in [0.2, 0.25) is 0 Å². The van der Waals surface area contributed by atoms with E-state index in [1.807, 2.05) is 24.3 Å². The van der Waals surface area contributed by atoms with Gasteiger partial charge in [-0.25, -0.2) is 4.99 Å². The van der Waals surface area contributed by atoms with E-state index in [1.54, 1.807) is 0 Å². The molecular weight excluding hydrogens is 481 g/mol. The highest BCUT2D eigenvalue weighted by atomic mass is 127. The molecule has 1 aromatic rings. The second-order valence-electron chi connectivity index (χ2n) is 7.42. The third-order valence-electron chi connectivity index (χ3n) is 4.77. The molecule has 3 N–H and O–H groups in total. The van der Waals surface area contributed by atoms with E-state index >= 15 is 0 Å². The summed E-state index contributed by atoms with van der Waals surface area (Å²) in [5, 5.41) is 9.64. The molecule has 2 rings (SSSR count). The lowest BCUT2D eigenvalue weighted by Gasteiger charge is -2.37. The van der Waals surface area contributed by atoms with E-state index in [4.69, 9.17) is 9.73 Å². The number of rotatable bonds is 8. The molecule has 0 radical (unpaired) electrons. The van der Waals surface area contributed by atoms with Gasteiger partial charge in [0, 0.05) is 44.8 Å². The number of morpholine rings is 1. The number of aliphatic imine (C=N–C) groups is 1. The van der Waals surface area contributed by atoms with Crippen LogP contribution in [0.4, 0.5) is 5.69 Å². The Hall–Kier alpha value is -1.39. The van der Waals surface area contributed by atoms with Gasteiger partial charge < -0.3 is 20.7 Å². The summed E-state index contributed by atoms with van der Waals surface area (Å²) in [6.07, 6.45) is 0. The van der Waals surface area contributed by atoms with Crippen LogP contribution >= 0.6 is 24.0 Å². The summed E-state index contributed by atoms with van der Waals surface area (Å²) in [6.45, 7) is 13.9. The fraction of sp³-hybridized carbons (Fsp3) is 0.619. The number of hydrogen-bond acceptors (Lipinski definition) is 4. The molecule has 0 saturated carbocycles. The average Bonchev–Trinajstić information content (AvgIpc) is 2.66. The Morgan fingerprint density at radius 1 is 1.24 bits per heavy atom. The number of carbonyl (C=O) groups is 1. The maximum Gasteiger partial charge on any atom is 0.221 e. The van der Waals surface area contributed by atoms with Crippen molar-refractivity contribution in [2.24, 2.45) is 10.9 Å². The first-order chi connectivity index (χ1) is 13.5. The summed E-state index contributed by atoms with van der Waals surface area (Å²) in [7, 11) is 0. The molecule has 0 aromatic heterocycles. The van der Waals surface area contributed by atoms with E-state index in [0.717, 1.165) is 56.6 Å². The molecule has 1 fully saturated rings. The van der Waals surface area contributed by atoms with Gasteiger partial charge in [0.2, 0.25) is 5.91 Å². The smallest absolute Gasteiger partial charge is 0.221 e. The number of ether oxygens (including phenoxy) is 1. The minimum absolute atomic E-state index is 0. The van der Waals surface area contributed by atoms with Crippen LogP contribution in [0.5, 0.6) is 0 Å². The van der Waals surface area contributed by atoms with E-state index < -0.39 is 0 Å². The van der Waals surface area contributed by atoms with Crippen molar-refractivity contribution in [3.63, 3.8) is 0 Å². The van der Waals surface area contributed by atoms with Crippen molar-refractivity contribution in [2.45, 2.75) is 40.3 Å². The molecule has 1 aromatic carbocycles. The molecule has 1 unspecified atom stereocenters. The van der Waals surface area contributed by atoms with Gasteiger partial charge >= 0.3 is 0 Å². The van der Waals surface area contributed by atoms with Gasteiger partial charge in [0.15, 0.2) is 5.96 Å². The fourth-order valence-electron chi connectivity index (χ4n) is 3.36. The number of amides is 1. The quantitative estimate of drug-likeness (QED) is 0.281. The van der Waals surface area contributed by atoms with Crippen LogP contribution < -0.4 is 16.0 Å². The Labute approximate surface area is 192 Å². The van der Waals surface area contributed by atoms with Gasteiger partial charge in [-0.3, -0.25) is 9.69 Å². The molecule has 1 amide bonds. The van der Waals surface area contributed by atoms with Crippen LogP contribution in [0, 0.1) is 5.92 Å². The lowest BCUT2D eigenvalue weighted by Crippen LogP contribution is -2.52. The zero-order valence-electron chi connectivity index (χ0n) is 18.0. The van der Waals surface area contributed by atoms with Crippen molar-refractivity contribution >= 4 is 41.5 Å². The van der Waals surface area contributed by atoms with Crippen molar-refractivity contribution in [2.75, 3.05) is 44.7 Å². The number of halogens is 1. The summed E-state index contributed by atoms with van der Waals surface area (Å²) >= 11 is 0. The molecule has 1 atom stereocenters. The molecule has 1 aliphatic heterocycles. The standard InChI is InChI=1S/C21H35N5O2.HI/c1-5-22-21(23-14-18-7-6-8-19(13-18)25-17(4)27)24-15-20(16(2)3)26-9-11-28-12-10-26;/h6-8,13,16,20H,5,9-12,14-15H2,1-4H3,(H,25,27)(H2,22,23,24);1H. The highest BCUT2D eigenvalue weighted by Crippen LogP contribution is 2.13. The lowest BCUT2D eigenvalue weighted by molar-refractivity contribution is -0.114. The zero-order chi connectivity index (χ0) is 20.4. The third-order valence-corrected chi connectivity index (χ3v) is 4.77. The van der Waals surface area contributed by atoms with Crippen molar-refractivity contribution in [1.82, 2.24) is 15.5 Å². The van der Waals surface area contributed by atoms with Crippen molar-refractivity contribution in [1.29, 1.82) is 0 Å². The van der Waals surface area contributed by atoms with Crippen LogP contribution in [0.3, 0.4) is 0 Å². The first-order valence-corrected chi connectivity index (χ1v) is 10.2. The molecule has 29 heavy (non-hydrogen) atoms. The summed E-state index contributed by atoms with van der Waals surface area (Å²) < 4.78 is 5.49. The predicted molar refractivity (Wildman–Crippen MR) is 130 cm³/mol. The minimum Gasteiger partial charge on any atom is -0.379 e. The summed E-state index contributed by atoms with van der Waals surface area (Å²) in [4.78, 5) is 18.5. The number of carbonyl (C=O) groups excluding carboxylic acids is 1. The first kappa shape index (κ1) is 25.6. The normalized spacial score (nSPS) is 16.1. The van der Waals surface area contributed by atoms with Crippen LogP contribution in [0.1, 0.15) is 33.3 Å². The van der Waals surface area contributed by atoms with Crippen LogP contribution in [-0.4, -0.2) is 62.2 Å². The van der Waals surface area contributed by atoms with Gasteiger partial charge in [-0.1, -0.05) is 26.0 Å². The van der Waals surface area contributed by atoms with E-state index in [1.165, 1.54) is 6.92 Å². The van der Waals surface area contributed by atoms with E-state index in [9.17, 15) is 4.79 Å². The Morgan fingerprint density at radius 2 is 1.97 bits per heavy atom. The van der Waals surface area contributed by atoms with Gasteiger partial charge in [-0.15, -0.1) is 24.0 Å². The van der Waals surface area contributed by atoms with Crippen molar-refractivity contribution in [3.05, 3.63) is 29.8 Å². The molecule has 0 spiro atoms. The molecular formula is C21H36IN5O2.